The lowest BCUT2D eigenvalue weighted by Crippen LogP contribution is -2.53. The maximum absolute atomic E-state index is 12.6. The number of hydrogen-bond acceptors (Lipinski definition) is 4. The van der Waals surface area contributed by atoms with E-state index in [9.17, 15) is 4.79 Å². The zero-order valence-corrected chi connectivity index (χ0v) is 15.6. The molecule has 1 fully saturated rings. The van der Waals surface area contributed by atoms with Gasteiger partial charge in [0, 0.05) is 25.7 Å². The summed E-state index contributed by atoms with van der Waals surface area (Å²) in [6.45, 7) is 9.89. The summed E-state index contributed by atoms with van der Waals surface area (Å²) in [5, 5.41) is 3.21. The van der Waals surface area contributed by atoms with Crippen molar-refractivity contribution in [1.29, 1.82) is 0 Å². The van der Waals surface area contributed by atoms with Crippen LogP contribution in [0.4, 0.5) is 0 Å². The van der Waals surface area contributed by atoms with Gasteiger partial charge in [-0.05, 0) is 37.6 Å². The van der Waals surface area contributed by atoms with Crippen molar-refractivity contribution in [2.75, 3.05) is 40.3 Å². The van der Waals surface area contributed by atoms with Gasteiger partial charge in [-0.1, -0.05) is 26.0 Å². The van der Waals surface area contributed by atoms with Gasteiger partial charge in [-0.15, -0.1) is 0 Å². The van der Waals surface area contributed by atoms with E-state index >= 15 is 0 Å². The van der Waals surface area contributed by atoms with Gasteiger partial charge in [0.2, 0.25) is 5.91 Å². The number of likely N-dealkylation sites (N-methyl/N-ethyl adjacent to an activating group) is 1. The van der Waals surface area contributed by atoms with Gasteiger partial charge in [0.25, 0.3) is 0 Å². The van der Waals surface area contributed by atoms with Crippen molar-refractivity contribution >= 4 is 5.91 Å². The molecule has 0 aliphatic carbocycles. The Bertz CT molecular complexity index is 530. The number of rotatable bonds is 6. The van der Waals surface area contributed by atoms with Crippen LogP contribution >= 0.6 is 0 Å². The van der Waals surface area contributed by atoms with Gasteiger partial charge in [0.15, 0.2) is 0 Å². The SMILES string of the molecule is COc1ccc([C@H](NC(=O)CN2CCN(C)C[C@H]2C)C(C)C)cc1. The molecule has 2 atom stereocenters. The van der Waals surface area contributed by atoms with E-state index in [4.69, 9.17) is 4.74 Å². The van der Waals surface area contributed by atoms with Crippen LogP contribution < -0.4 is 10.1 Å². The highest BCUT2D eigenvalue weighted by Crippen LogP contribution is 2.24. The molecule has 5 heteroatoms. The number of methoxy groups -OCH3 is 1. The minimum Gasteiger partial charge on any atom is -0.497 e. The van der Waals surface area contributed by atoms with Crippen LogP contribution in [0.1, 0.15) is 32.4 Å². The summed E-state index contributed by atoms with van der Waals surface area (Å²) in [6.07, 6.45) is 0. The van der Waals surface area contributed by atoms with Crippen LogP contribution in [0.15, 0.2) is 24.3 Å². The van der Waals surface area contributed by atoms with Crippen molar-refractivity contribution in [3.8, 4) is 5.75 Å². The lowest BCUT2D eigenvalue weighted by molar-refractivity contribution is -0.124. The summed E-state index contributed by atoms with van der Waals surface area (Å²) in [5.74, 6) is 1.26. The summed E-state index contributed by atoms with van der Waals surface area (Å²) in [5.41, 5.74) is 1.12. The number of ether oxygens (including phenoxy) is 1. The van der Waals surface area contributed by atoms with Gasteiger partial charge in [0.1, 0.15) is 5.75 Å². The maximum atomic E-state index is 12.6. The number of amides is 1. The molecule has 24 heavy (non-hydrogen) atoms. The molecule has 1 saturated heterocycles. The van der Waals surface area contributed by atoms with E-state index in [-0.39, 0.29) is 11.9 Å². The molecule has 5 nitrogen and oxygen atoms in total. The molecule has 0 aromatic heterocycles. The quantitative estimate of drug-likeness (QED) is 0.866. The molecule has 134 valence electrons. The third kappa shape index (κ3) is 4.95. The molecule has 1 heterocycles. The monoisotopic (exact) mass is 333 g/mol. The standard InChI is InChI=1S/C19H31N3O2/c1-14(2)19(16-6-8-17(24-5)9-7-16)20-18(23)13-22-11-10-21(4)12-15(22)3/h6-9,14-15,19H,10-13H2,1-5H3,(H,20,23)/t15-,19-/m1/s1. The molecule has 1 aliphatic heterocycles. The largest absolute Gasteiger partial charge is 0.497 e. The Hall–Kier alpha value is -1.59. The van der Waals surface area contributed by atoms with Crippen LogP contribution in [0, 0.1) is 5.92 Å². The highest BCUT2D eigenvalue weighted by molar-refractivity contribution is 5.78. The Morgan fingerprint density at radius 1 is 1.29 bits per heavy atom. The average Bonchev–Trinajstić information content (AvgIpc) is 2.55. The first kappa shape index (κ1) is 18.7. The molecule has 1 aromatic rings. The molecular weight excluding hydrogens is 302 g/mol. The van der Waals surface area contributed by atoms with Crippen molar-refractivity contribution in [2.24, 2.45) is 5.92 Å². The van der Waals surface area contributed by atoms with Crippen LogP contribution in [-0.4, -0.2) is 62.1 Å². The fourth-order valence-electron chi connectivity index (χ4n) is 3.26. The van der Waals surface area contributed by atoms with Crippen LogP contribution in [0.3, 0.4) is 0 Å². The first-order valence-corrected chi connectivity index (χ1v) is 8.76. The zero-order chi connectivity index (χ0) is 17.7. The number of carbonyl (C=O) groups is 1. The van der Waals surface area contributed by atoms with Crippen LogP contribution in [0.25, 0.3) is 0 Å². The number of carbonyl (C=O) groups excluding carboxylic acids is 1. The van der Waals surface area contributed by atoms with Gasteiger partial charge in [-0.25, -0.2) is 0 Å². The second kappa shape index (κ2) is 8.49. The normalized spacial score (nSPS) is 20.8. The van der Waals surface area contributed by atoms with E-state index in [1.807, 2.05) is 24.3 Å². The van der Waals surface area contributed by atoms with E-state index in [0.717, 1.165) is 30.9 Å². The summed E-state index contributed by atoms with van der Waals surface area (Å²) in [4.78, 5) is 17.1. The Morgan fingerprint density at radius 2 is 1.96 bits per heavy atom. The van der Waals surface area contributed by atoms with E-state index in [1.54, 1.807) is 7.11 Å². The molecule has 2 rings (SSSR count). The first-order chi connectivity index (χ1) is 11.4. The average molecular weight is 333 g/mol. The molecule has 0 spiro atoms. The molecule has 0 radical (unpaired) electrons. The molecule has 1 aromatic carbocycles. The maximum Gasteiger partial charge on any atom is 0.234 e. The molecule has 1 N–H and O–H groups in total. The van der Waals surface area contributed by atoms with Crippen molar-refractivity contribution < 1.29 is 9.53 Å². The minimum absolute atomic E-state index is 0.0196. The molecule has 0 saturated carbocycles. The van der Waals surface area contributed by atoms with Crippen molar-refractivity contribution in [2.45, 2.75) is 32.9 Å². The van der Waals surface area contributed by atoms with E-state index in [1.165, 1.54) is 0 Å². The Kier molecular flexibility index (Phi) is 6.63. The number of nitrogens with zero attached hydrogens (tertiary/aromatic N) is 2. The molecule has 1 aliphatic rings. The zero-order valence-electron chi connectivity index (χ0n) is 15.6. The van der Waals surface area contributed by atoms with Gasteiger partial charge >= 0.3 is 0 Å². The lowest BCUT2D eigenvalue weighted by atomic mass is 9.96. The lowest BCUT2D eigenvalue weighted by Gasteiger charge is -2.38. The number of nitrogens with one attached hydrogen (secondary N) is 1. The molecule has 0 unspecified atom stereocenters. The minimum atomic E-state index is 0.0196. The van der Waals surface area contributed by atoms with E-state index in [0.29, 0.717) is 18.5 Å². The number of benzene rings is 1. The summed E-state index contributed by atoms with van der Waals surface area (Å²) >= 11 is 0. The predicted molar refractivity (Wildman–Crippen MR) is 97.2 cm³/mol. The molecule has 1 amide bonds. The smallest absolute Gasteiger partial charge is 0.234 e. The van der Waals surface area contributed by atoms with Crippen LogP contribution in [-0.2, 0) is 4.79 Å². The second-order valence-electron chi connectivity index (χ2n) is 7.14. The number of piperazine rings is 1. The van der Waals surface area contributed by atoms with Gasteiger partial charge in [-0.2, -0.15) is 0 Å². The van der Waals surface area contributed by atoms with Crippen molar-refractivity contribution in [3.63, 3.8) is 0 Å². The summed E-state index contributed by atoms with van der Waals surface area (Å²) < 4.78 is 5.21. The molecular formula is C19H31N3O2. The number of hydrogen-bond donors (Lipinski definition) is 1. The Balaban J connectivity index is 1.98. The van der Waals surface area contributed by atoms with Crippen LogP contribution in [0.5, 0.6) is 5.75 Å². The predicted octanol–water partition coefficient (Wildman–Crippen LogP) is 2.14. The van der Waals surface area contributed by atoms with Crippen LogP contribution in [0.2, 0.25) is 0 Å². The fraction of sp³-hybridized carbons (Fsp3) is 0.632. The van der Waals surface area contributed by atoms with E-state index < -0.39 is 0 Å². The first-order valence-electron chi connectivity index (χ1n) is 8.76. The molecule has 0 bridgehead atoms. The summed E-state index contributed by atoms with van der Waals surface area (Å²) in [7, 11) is 3.79. The highest BCUT2D eigenvalue weighted by atomic mass is 16.5. The van der Waals surface area contributed by atoms with E-state index in [2.05, 4.69) is 42.9 Å². The fourth-order valence-corrected chi connectivity index (χ4v) is 3.26. The third-order valence-electron chi connectivity index (χ3n) is 4.77. The Labute approximate surface area is 146 Å². The van der Waals surface area contributed by atoms with Crippen molar-refractivity contribution in [1.82, 2.24) is 15.1 Å². The Morgan fingerprint density at radius 3 is 2.50 bits per heavy atom. The van der Waals surface area contributed by atoms with Gasteiger partial charge < -0.3 is 15.0 Å². The van der Waals surface area contributed by atoms with Gasteiger partial charge in [0.05, 0.1) is 19.7 Å². The third-order valence-corrected chi connectivity index (χ3v) is 4.77. The van der Waals surface area contributed by atoms with Crippen molar-refractivity contribution in [3.05, 3.63) is 29.8 Å². The topological polar surface area (TPSA) is 44.8 Å². The summed E-state index contributed by atoms with van der Waals surface area (Å²) in [6, 6.07) is 8.38. The van der Waals surface area contributed by atoms with Gasteiger partial charge in [-0.3, -0.25) is 9.69 Å². The highest BCUT2D eigenvalue weighted by Gasteiger charge is 2.25. The second-order valence-corrected chi connectivity index (χ2v) is 7.14.